The molecule has 0 aliphatic carbocycles. The molecule has 3 aromatic rings. The van der Waals surface area contributed by atoms with Crippen LogP contribution in [-0.2, 0) is 20.6 Å². The fourth-order valence-corrected chi connectivity index (χ4v) is 6.15. The first kappa shape index (κ1) is 26.4. The van der Waals surface area contributed by atoms with Crippen molar-refractivity contribution >= 4 is 56.6 Å². The minimum atomic E-state index is -4.01. The number of thioether (sulfide) groups is 1. The smallest absolute Gasteiger partial charge is 0.264 e. The van der Waals surface area contributed by atoms with Crippen LogP contribution in [-0.4, -0.2) is 33.2 Å². The highest BCUT2D eigenvalue weighted by Gasteiger charge is 2.27. The molecule has 0 saturated carbocycles. The molecule has 9 heteroatoms. The average Bonchev–Trinajstić information content (AvgIpc) is 2.79. The van der Waals surface area contributed by atoms with Crippen LogP contribution in [0.3, 0.4) is 0 Å². The number of halogens is 2. The van der Waals surface area contributed by atoms with Crippen LogP contribution in [0, 0.1) is 6.92 Å². The number of hydrogen-bond donors (Lipinski definition) is 1. The Bertz CT molecular complexity index is 1200. The molecule has 0 heterocycles. The molecular formula is C25H26Cl2N2O3S2. The van der Waals surface area contributed by atoms with Gasteiger partial charge in [0.2, 0.25) is 5.91 Å². The summed E-state index contributed by atoms with van der Waals surface area (Å²) in [6, 6.07) is 20.8. The van der Waals surface area contributed by atoms with E-state index in [0.29, 0.717) is 6.54 Å². The molecule has 0 spiro atoms. The summed E-state index contributed by atoms with van der Waals surface area (Å²) in [6.07, 6.45) is 0.774. The third-order valence-electron chi connectivity index (χ3n) is 4.89. The van der Waals surface area contributed by atoms with Crippen LogP contribution in [0.15, 0.2) is 77.7 Å². The Morgan fingerprint density at radius 2 is 1.68 bits per heavy atom. The Morgan fingerprint density at radius 3 is 2.35 bits per heavy atom. The van der Waals surface area contributed by atoms with E-state index in [9.17, 15) is 13.2 Å². The summed E-state index contributed by atoms with van der Waals surface area (Å²) in [6.45, 7) is 2.14. The molecule has 5 nitrogen and oxygen atoms in total. The molecule has 0 saturated heterocycles. The van der Waals surface area contributed by atoms with Crippen LogP contribution in [0.5, 0.6) is 0 Å². The molecule has 0 radical (unpaired) electrons. The molecule has 0 atom stereocenters. The number of hydrogen-bond acceptors (Lipinski definition) is 4. The van der Waals surface area contributed by atoms with E-state index in [1.807, 2.05) is 6.07 Å². The first-order valence-corrected chi connectivity index (χ1v) is 14.0. The normalized spacial score (nSPS) is 11.3. The zero-order valence-electron chi connectivity index (χ0n) is 18.7. The number of anilines is 1. The van der Waals surface area contributed by atoms with Crippen molar-refractivity contribution in [2.75, 3.05) is 23.1 Å². The molecule has 0 aromatic heterocycles. The molecule has 3 rings (SSSR count). The summed E-state index contributed by atoms with van der Waals surface area (Å²) in [5.41, 5.74) is 2.74. The van der Waals surface area contributed by atoms with E-state index in [2.05, 4.69) is 30.4 Å². The first-order valence-electron chi connectivity index (χ1n) is 10.7. The molecule has 0 fully saturated rings. The van der Waals surface area contributed by atoms with Crippen LogP contribution in [0.2, 0.25) is 10.0 Å². The van der Waals surface area contributed by atoms with E-state index in [-0.39, 0.29) is 27.2 Å². The first-order chi connectivity index (χ1) is 16.3. The fourth-order valence-electron chi connectivity index (χ4n) is 3.30. The molecule has 34 heavy (non-hydrogen) atoms. The molecule has 1 amide bonds. The van der Waals surface area contributed by atoms with Crippen LogP contribution in [0.25, 0.3) is 0 Å². The number of amides is 1. The Morgan fingerprint density at radius 1 is 0.971 bits per heavy atom. The zero-order chi connectivity index (χ0) is 24.6. The predicted octanol–water partition coefficient (Wildman–Crippen LogP) is 5.94. The van der Waals surface area contributed by atoms with Gasteiger partial charge < -0.3 is 5.32 Å². The maximum Gasteiger partial charge on any atom is 0.264 e. The Hall–Kier alpha value is -2.19. The standard InChI is InChI=1S/C25H26Cl2N2O3S2/c1-19-7-5-8-20(13-19)18-33-12-6-11-28-25(30)17-29(23-15-21(26)14-22(27)16-23)34(31,32)24-9-3-2-4-10-24/h2-5,7-10,13-16H,6,11-12,17-18H2,1H3,(H,28,30). The van der Waals surface area contributed by atoms with Gasteiger partial charge in [-0.15, -0.1) is 0 Å². The van der Waals surface area contributed by atoms with Crippen molar-refractivity contribution < 1.29 is 13.2 Å². The van der Waals surface area contributed by atoms with Crippen molar-refractivity contribution in [2.45, 2.75) is 24.0 Å². The number of carbonyl (C=O) groups is 1. The molecule has 0 bridgehead atoms. The van der Waals surface area contributed by atoms with Gasteiger partial charge in [-0.1, -0.05) is 71.2 Å². The minimum absolute atomic E-state index is 0.0754. The molecule has 3 aromatic carbocycles. The van der Waals surface area contributed by atoms with E-state index >= 15 is 0 Å². The third kappa shape index (κ3) is 7.67. The summed E-state index contributed by atoms with van der Waals surface area (Å²) in [4.78, 5) is 12.8. The van der Waals surface area contributed by atoms with Gasteiger partial charge in [0.15, 0.2) is 0 Å². The van der Waals surface area contributed by atoms with Crippen LogP contribution in [0.1, 0.15) is 17.5 Å². The minimum Gasteiger partial charge on any atom is -0.354 e. The zero-order valence-corrected chi connectivity index (χ0v) is 21.9. The lowest BCUT2D eigenvalue weighted by Gasteiger charge is -2.24. The lowest BCUT2D eigenvalue weighted by molar-refractivity contribution is -0.119. The monoisotopic (exact) mass is 536 g/mol. The summed E-state index contributed by atoms with van der Waals surface area (Å²) in [7, 11) is -4.01. The maximum atomic E-state index is 13.3. The summed E-state index contributed by atoms with van der Waals surface area (Å²) in [5, 5.41) is 3.38. The highest BCUT2D eigenvalue weighted by molar-refractivity contribution is 7.98. The summed E-state index contributed by atoms with van der Waals surface area (Å²) in [5.74, 6) is 1.39. The van der Waals surface area contributed by atoms with Crippen LogP contribution >= 0.6 is 35.0 Å². The second kappa shape index (κ2) is 12.5. The molecule has 0 unspecified atom stereocenters. The Kier molecular flexibility index (Phi) is 9.71. The van der Waals surface area contributed by atoms with Gasteiger partial charge in [-0.3, -0.25) is 9.10 Å². The van der Waals surface area contributed by atoms with Gasteiger partial charge in [-0.2, -0.15) is 11.8 Å². The van der Waals surface area contributed by atoms with E-state index in [1.54, 1.807) is 30.0 Å². The van der Waals surface area contributed by atoms with Gasteiger partial charge >= 0.3 is 0 Å². The van der Waals surface area contributed by atoms with E-state index in [0.717, 1.165) is 22.2 Å². The summed E-state index contributed by atoms with van der Waals surface area (Å²) >= 11 is 14.0. The Balaban J connectivity index is 1.60. The topological polar surface area (TPSA) is 66.5 Å². The van der Waals surface area contributed by atoms with Gasteiger partial charge in [0.25, 0.3) is 10.0 Å². The largest absolute Gasteiger partial charge is 0.354 e. The van der Waals surface area contributed by atoms with Crippen LogP contribution < -0.4 is 9.62 Å². The quantitative estimate of drug-likeness (QED) is 0.308. The highest BCUT2D eigenvalue weighted by atomic mass is 35.5. The SMILES string of the molecule is Cc1cccc(CSCCCNC(=O)CN(c2cc(Cl)cc(Cl)c2)S(=O)(=O)c2ccccc2)c1. The van der Waals surface area contributed by atoms with Gasteiger partial charge in [0, 0.05) is 22.3 Å². The van der Waals surface area contributed by atoms with Crippen molar-refractivity contribution in [3.8, 4) is 0 Å². The number of nitrogens with one attached hydrogen (secondary N) is 1. The van der Waals surface area contributed by atoms with Crippen molar-refractivity contribution in [2.24, 2.45) is 0 Å². The van der Waals surface area contributed by atoms with Gasteiger partial charge in [0.1, 0.15) is 6.54 Å². The van der Waals surface area contributed by atoms with E-state index < -0.39 is 15.9 Å². The van der Waals surface area contributed by atoms with Crippen molar-refractivity contribution in [3.63, 3.8) is 0 Å². The van der Waals surface area contributed by atoms with E-state index in [1.165, 1.54) is 41.5 Å². The second-order valence-electron chi connectivity index (χ2n) is 7.70. The number of rotatable bonds is 11. The number of benzene rings is 3. The van der Waals surface area contributed by atoms with Gasteiger partial charge in [-0.25, -0.2) is 8.42 Å². The van der Waals surface area contributed by atoms with Gasteiger partial charge in [0.05, 0.1) is 10.6 Å². The number of carbonyl (C=O) groups excluding carboxylic acids is 1. The van der Waals surface area contributed by atoms with Crippen LogP contribution in [0.4, 0.5) is 5.69 Å². The molecular weight excluding hydrogens is 511 g/mol. The van der Waals surface area contributed by atoms with Crippen molar-refractivity contribution in [1.82, 2.24) is 5.32 Å². The molecule has 0 aliphatic heterocycles. The Labute approximate surface area is 215 Å². The number of aryl methyl sites for hydroxylation is 1. The second-order valence-corrected chi connectivity index (χ2v) is 11.5. The lowest BCUT2D eigenvalue weighted by Crippen LogP contribution is -2.41. The third-order valence-corrected chi connectivity index (χ3v) is 8.23. The molecule has 180 valence electrons. The van der Waals surface area contributed by atoms with E-state index in [4.69, 9.17) is 23.2 Å². The summed E-state index contributed by atoms with van der Waals surface area (Å²) < 4.78 is 27.7. The fraction of sp³-hybridized carbons (Fsp3) is 0.240. The predicted molar refractivity (Wildman–Crippen MR) is 142 cm³/mol. The average molecular weight is 538 g/mol. The lowest BCUT2D eigenvalue weighted by atomic mass is 10.2. The van der Waals surface area contributed by atoms with Gasteiger partial charge in [-0.05, 0) is 55.0 Å². The highest BCUT2D eigenvalue weighted by Crippen LogP contribution is 2.29. The molecule has 0 aliphatic rings. The number of nitrogens with zero attached hydrogens (tertiary/aromatic N) is 1. The maximum absolute atomic E-state index is 13.3. The van der Waals surface area contributed by atoms with Crippen molar-refractivity contribution in [1.29, 1.82) is 0 Å². The number of sulfonamides is 1. The molecule has 1 N–H and O–H groups in total. The van der Waals surface area contributed by atoms with Crippen molar-refractivity contribution in [3.05, 3.63) is 94.0 Å².